The van der Waals surface area contributed by atoms with Gasteiger partial charge in [-0.05, 0) is 37.1 Å². The molecule has 0 N–H and O–H groups in total. The van der Waals surface area contributed by atoms with E-state index in [1.165, 1.54) is 0 Å². The van der Waals surface area contributed by atoms with Crippen LogP contribution < -0.4 is 4.74 Å². The maximum atomic E-state index is 10.3. The molecule has 0 radical (unpaired) electrons. The summed E-state index contributed by atoms with van der Waals surface area (Å²) in [6, 6.07) is 7.21. The van der Waals surface area contributed by atoms with E-state index in [1.807, 2.05) is 12.1 Å². The van der Waals surface area contributed by atoms with Crippen molar-refractivity contribution in [2.75, 3.05) is 0 Å². The van der Waals surface area contributed by atoms with Gasteiger partial charge < -0.3 is 4.74 Å². The van der Waals surface area contributed by atoms with E-state index in [2.05, 4.69) is 0 Å². The molecular weight excluding hydrogens is 152 g/mol. The van der Waals surface area contributed by atoms with Crippen LogP contribution in [0.3, 0.4) is 0 Å². The number of carbonyl (C=O) groups is 1. The number of benzene rings is 1. The topological polar surface area (TPSA) is 26.3 Å². The third-order valence-corrected chi connectivity index (χ3v) is 1.84. The number of hydrogen-bond acceptors (Lipinski definition) is 2. The Labute approximate surface area is 71.2 Å². The van der Waals surface area contributed by atoms with E-state index in [0.29, 0.717) is 11.7 Å². The van der Waals surface area contributed by atoms with Crippen molar-refractivity contribution >= 4 is 6.29 Å². The molecule has 1 aromatic carbocycles. The molecule has 62 valence electrons. The van der Waals surface area contributed by atoms with Crippen LogP contribution in [0.1, 0.15) is 23.2 Å². The van der Waals surface area contributed by atoms with Gasteiger partial charge in [-0.15, -0.1) is 0 Å². The molecule has 1 aromatic rings. The summed E-state index contributed by atoms with van der Waals surface area (Å²) >= 11 is 0. The van der Waals surface area contributed by atoms with Gasteiger partial charge in [0.05, 0.1) is 6.10 Å². The molecule has 2 heteroatoms. The summed E-state index contributed by atoms with van der Waals surface area (Å²) < 4.78 is 5.51. The lowest BCUT2D eigenvalue weighted by molar-refractivity contribution is 0.112. The first-order valence-corrected chi connectivity index (χ1v) is 4.10. The summed E-state index contributed by atoms with van der Waals surface area (Å²) in [7, 11) is 0. The molecule has 0 spiro atoms. The average Bonchev–Trinajstić information content (AvgIpc) is 2.90. The molecule has 0 heterocycles. The number of ether oxygens (including phenoxy) is 1. The molecule has 2 nitrogen and oxygen atoms in total. The van der Waals surface area contributed by atoms with E-state index in [9.17, 15) is 4.79 Å². The standard InChI is InChI=1S/C10H10O2/c11-7-8-1-3-9(4-2-8)12-10-5-6-10/h1-4,7,10H,5-6H2. The van der Waals surface area contributed by atoms with Crippen molar-refractivity contribution in [1.29, 1.82) is 0 Å². The van der Waals surface area contributed by atoms with Crippen molar-refractivity contribution in [3.63, 3.8) is 0 Å². The Morgan fingerprint density at radius 3 is 2.42 bits per heavy atom. The monoisotopic (exact) mass is 162 g/mol. The van der Waals surface area contributed by atoms with Gasteiger partial charge in [0.1, 0.15) is 12.0 Å². The van der Waals surface area contributed by atoms with Gasteiger partial charge in [0.2, 0.25) is 0 Å². The zero-order chi connectivity index (χ0) is 8.39. The van der Waals surface area contributed by atoms with Crippen molar-refractivity contribution in [2.45, 2.75) is 18.9 Å². The number of carbonyl (C=O) groups excluding carboxylic acids is 1. The lowest BCUT2D eigenvalue weighted by atomic mass is 10.2. The molecule has 1 aliphatic carbocycles. The fourth-order valence-electron chi connectivity index (χ4n) is 1.00. The normalized spacial score (nSPS) is 15.7. The largest absolute Gasteiger partial charge is 0.490 e. The smallest absolute Gasteiger partial charge is 0.150 e. The minimum Gasteiger partial charge on any atom is -0.490 e. The average molecular weight is 162 g/mol. The van der Waals surface area contributed by atoms with E-state index >= 15 is 0 Å². The van der Waals surface area contributed by atoms with Crippen molar-refractivity contribution in [1.82, 2.24) is 0 Å². The molecule has 0 aliphatic heterocycles. The molecule has 0 amide bonds. The highest BCUT2D eigenvalue weighted by molar-refractivity contribution is 5.74. The summed E-state index contributed by atoms with van der Waals surface area (Å²) in [6.07, 6.45) is 3.58. The van der Waals surface area contributed by atoms with Crippen LogP contribution >= 0.6 is 0 Å². The van der Waals surface area contributed by atoms with Crippen LogP contribution in [0.25, 0.3) is 0 Å². The Hall–Kier alpha value is -1.31. The first-order chi connectivity index (χ1) is 5.88. The molecule has 0 saturated heterocycles. The van der Waals surface area contributed by atoms with Crippen molar-refractivity contribution in [3.05, 3.63) is 29.8 Å². The summed E-state index contributed by atoms with van der Waals surface area (Å²) in [6.45, 7) is 0. The zero-order valence-corrected chi connectivity index (χ0v) is 6.69. The summed E-state index contributed by atoms with van der Waals surface area (Å²) in [5, 5.41) is 0. The van der Waals surface area contributed by atoms with Gasteiger partial charge in [-0.3, -0.25) is 4.79 Å². The van der Waals surface area contributed by atoms with Crippen molar-refractivity contribution in [3.8, 4) is 5.75 Å². The highest BCUT2D eigenvalue weighted by atomic mass is 16.5. The van der Waals surface area contributed by atoms with E-state index in [-0.39, 0.29) is 0 Å². The SMILES string of the molecule is O=Cc1ccc(OC2CC2)cc1. The molecule has 0 atom stereocenters. The van der Waals surface area contributed by atoms with Crippen LogP contribution in [0, 0.1) is 0 Å². The Morgan fingerprint density at radius 1 is 1.25 bits per heavy atom. The predicted molar refractivity (Wildman–Crippen MR) is 45.5 cm³/mol. The molecule has 0 aromatic heterocycles. The predicted octanol–water partition coefficient (Wildman–Crippen LogP) is 2.04. The van der Waals surface area contributed by atoms with Crippen LogP contribution in [-0.4, -0.2) is 12.4 Å². The van der Waals surface area contributed by atoms with Gasteiger partial charge in [0.25, 0.3) is 0 Å². The van der Waals surface area contributed by atoms with E-state index in [4.69, 9.17) is 4.74 Å². The summed E-state index contributed by atoms with van der Waals surface area (Å²) in [4.78, 5) is 10.3. The third-order valence-electron chi connectivity index (χ3n) is 1.84. The second-order valence-electron chi connectivity index (χ2n) is 3.00. The third kappa shape index (κ3) is 1.64. The van der Waals surface area contributed by atoms with Gasteiger partial charge in [-0.25, -0.2) is 0 Å². The van der Waals surface area contributed by atoms with E-state index in [1.54, 1.807) is 12.1 Å². The minimum absolute atomic E-state index is 0.423. The Balaban J connectivity index is 2.07. The van der Waals surface area contributed by atoms with Crippen LogP contribution in [0.4, 0.5) is 0 Å². The second-order valence-corrected chi connectivity index (χ2v) is 3.00. The van der Waals surface area contributed by atoms with Gasteiger partial charge in [0, 0.05) is 5.56 Å². The van der Waals surface area contributed by atoms with Gasteiger partial charge >= 0.3 is 0 Å². The maximum absolute atomic E-state index is 10.3. The maximum Gasteiger partial charge on any atom is 0.150 e. The molecule has 0 bridgehead atoms. The van der Waals surface area contributed by atoms with Crippen LogP contribution in [0.5, 0.6) is 5.75 Å². The van der Waals surface area contributed by atoms with Crippen LogP contribution in [0.15, 0.2) is 24.3 Å². The highest BCUT2D eigenvalue weighted by Crippen LogP contribution is 2.26. The molecule has 1 fully saturated rings. The quantitative estimate of drug-likeness (QED) is 0.636. The first-order valence-electron chi connectivity index (χ1n) is 4.10. The van der Waals surface area contributed by atoms with E-state index < -0.39 is 0 Å². The first kappa shape index (κ1) is 7.35. The number of hydrogen-bond donors (Lipinski definition) is 0. The molecular formula is C10H10O2. The minimum atomic E-state index is 0.423. The molecule has 0 unspecified atom stereocenters. The Kier molecular flexibility index (Phi) is 1.82. The summed E-state index contributed by atoms with van der Waals surface area (Å²) in [5.74, 6) is 0.864. The summed E-state index contributed by atoms with van der Waals surface area (Å²) in [5.41, 5.74) is 0.693. The fraction of sp³-hybridized carbons (Fsp3) is 0.300. The zero-order valence-electron chi connectivity index (χ0n) is 6.69. The lowest BCUT2D eigenvalue weighted by Crippen LogP contribution is -1.95. The Morgan fingerprint density at radius 2 is 1.92 bits per heavy atom. The van der Waals surface area contributed by atoms with E-state index in [0.717, 1.165) is 24.9 Å². The molecule has 1 aliphatic rings. The molecule has 2 rings (SSSR count). The highest BCUT2D eigenvalue weighted by Gasteiger charge is 2.23. The van der Waals surface area contributed by atoms with Crippen LogP contribution in [-0.2, 0) is 0 Å². The van der Waals surface area contributed by atoms with Crippen LogP contribution in [0.2, 0.25) is 0 Å². The Bertz CT molecular complexity index is 272. The van der Waals surface area contributed by atoms with Crippen molar-refractivity contribution < 1.29 is 9.53 Å². The number of rotatable bonds is 3. The van der Waals surface area contributed by atoms with Gasteiger partial charge in [-0.2, -0.15) is 0 Å². The fourth-order valence-corrected chi connectivity index (χ4v) is 1.00. The second kappa shape index (κ2) is 2.97. The number of aldehydes is 1. The van der Waals surface area contributed by atoms with Gasteiger partial charge in [-0.1, -0.05) is 0 Å². The lowest BCUT2D eigenvalue weighted by Gasteiger charge is -2.02. The molecule has 1 saturated carbocycles. The molecule has 12 heavy (non-hydrogen) atoms. The van der Waals surface area contributed by atoms with Gasteiger partial charge in [0.15, 0.2) is 0 Å². The van der Waals surface area contributed by atoms with Crippen molar-refractivity contribution in [2.24, 2.45) is 0 Å².